The summed E-state index contributed by atoms with van der Waals surface area (Å²) in [5.41, 5.74) is 1.60. The molecule has 0 aromatic carbocycles. The van der Waals surface area contributed by atoms with Crippen molar-refractivity contribution in [2.75, 3.05) is 19.7 Å². The number of amides is 1. The van der Waals surface area contributed by atoms with E-state index in [0.717, 1.165) is 41.8 Å². The van der Waals surface area contributed by atoms with Crippen molar-refractivity contribution in [1.29, 1.82) is 0 Å². The number of aromatic amines is 1. The van der Waals surface area contributed by atoms with Crippen LogP contribution in [0.15, 0.2) is 24.5 Å². The van der Waals surface area contributed by atoms with Crippen LogP contribution in [0.5, 0.6) is 0 Å². The topological polar surface area (TPSA) is 56.3 Å². The Kier molecular flexibility index (Phi) is 4.60. The molecule has 0 bridgehead atoms. The zero-order valence-corrected chi connectivity index (χ0v) is 14.6. The molecule has 3 heterocycles. The number of likely N-dealkylation sites (tertiary alicyclic amines) is 1. The van der Waals surface area contributed by atoms with Gasteiger partial charge in [0, 0.05) is 46.2 Å². The fourth-order valence-electron chi connectivity index (χ4n) is 3.55. The predicted octanol–water partition coefficient (Wildman–Crippen LogP) is 3.68. The van der Waals surface area contributed by atoms with Gasteiger partial charge in [-0.2, -0.15) is 0 Å². The lowest BCUT2D eigenvalue weighted by atomic mass is 9.83. The third-order valence-electron chi connectivity index (χ3n) is 4.82. The molecule has 1 unspecified atom stereocenters. The average molecular weight is 332 g/mol. The van der Waals surface area contributed by atoms with E-state index in [9.17, 15) is 9.90 Å². The van der Waals surface area contributed by atoms with Crippen molar-refractivity contribution in [2.24, 2.45) is 5.41 Å². The molecule has 23 heavy (non-hydrogen) atoms. The van der Waals surface area contributed by atoms with Gasteiger partial charge in [-0.25, -0.2) is 0 Å². The highest BCUT2D eigenvalue weighted by atomic mass is 32.1. The first-order valence-electron chi connectivity index (χ1n) is 8.22. The minimum atomic E-state index is -0.111. The maximum atomic E-state index is 12.9. The Bertz CT molecular complexity index is 691. The molecule has 1 amide bonds. The summed E-state index contributed by atoms with van der Waals surface area (Å²) in [6.45, 7) is 5.75. The molecule has 2 N–H and O–H groups in total. The molecule has 2 aromatic rings. The van der Waals surface area contributed by atoms with E-state index in [-0.39, 0.29) is 17.9 Å². The zero-order chi connectivity index (χ0) is 16.4. The molecular formula is C18H24N2O2S. The van der Waals surface area contributed by atoms with E-state index in [1.165, 1.54) is 4.88 Å². The second-order valence-corrected chi connectivity index (χ2v) is 7.87. The average Bonchev–Trinajstić information content (AvgIpc) is 3.26. The maximum absolute atomic E-state index is 12.9. The molecule has 0 aliphatic carbocycles. The molecule has 1 atom stereocenters. The van der Waals surface area contributed by atoms with Gasteiger partial charge in [0.25, 0.3) is 5.91 Å². The van der Waals surface area contributed by atoms with Crippen LogP contribution in [0.1, 0.15) is 41.4 Å². The molecular weight excluding hydrogens is 308 g/mol. The number of thiophene rings is 1. The lowest BCUT2D eigenvalue weighted by Gasteiger charge is -2.26. The highest BCUT2D eigenvalue weighted by Gasteiger charge is 2.39. The molecule has 124 valence electrons. The van der Waals surface area contributed by atoms with E-state index in [1.54, 1.807) is 17.5 Å². The van der Waals surface area contributed by atoms with Crippen LogP contribution in [0.4, 0.5) is 0 Å². The van der Waals surface area contributed by atoms with E-state index in [0.29, 0.717) is 6.54 Å². The Morgan fingerprint density at radius 2 is 2.26 bits per heavy atom. The number of carbonyl (C=O) groups is 1. The Labute approximate surface area is 141 Å². The number of aliphatic hydroxyl groups is 1. The Morgan fingerprint density at radius 3 is 2.91 bits per heavy atom. The summed E-state index contributed by atoms with van der Waals surface area (Å²) in [6, 6.07) is 4.15. The van der Waals surface area contributed by atoms with E-state index in [2.05, 4.69) is 31.0 Å². The molecule has 1 aliphatic rings. The monoisotopic (exact) mass is 332 g/mol. The van der Waals surface area contributed by atoms with Gasteiger partial charge in [-0.15, -0.1) is 11.3 Å². The molecule has 1 aliphatic heterocycles. The van der Waals surface area contributed by atoms with Crippen molar-refractivity contribution >= 4 is 17.2 Å². The van der Waals surface area contributed by atoms with Gasteiger partial charge in [0.1, 0.15) is 0 Å². The summed E-state index contributed by atoms with van der Waals surface area (Å²) in [5, 5.41) is 9.77. The molecule has 5 heteroatoms. The van der Waals surface area contributed by atoms with Crippen LogP contribution >= 0.6 is 11.3 Å². The van der Waals surface area contributed by atoms with Crippen LogP contribution in [0, 0.1) is 12.3 Å². The molecule has 0 saturated carbocycles. The quantitative estimate of drug-likeness (QED) is 0.877. The van der Waals surface area contributed by atoms with Gasteiger partial charge in [0.05, 0.1) is 12.2 Å². The molecule has 1 saturated heterocycles. The third-order valence-corrected chi connectivity index (χ3v) is 5.86. The highest BCUT2D eigenvalue weighted by molar-refractivity contribution is 7.15. The van der Waals surface area contributed by atoms with Gasteiger partial charge in [-0.3, -0.25) is 4.79 Å². The van der Waals surface area contributed by atoms with Crippen LogP contribution in [0.2, 0.25) is 0 Å². The number of aryl methyl sites for hydroxylation is 1. The Balaban J connectivity index is 1.81. The summed E-state index contributed by atoms with van der Waals surface area (Å²) >= 11 is 1.70. The summed E-state index contributed by atoms with van der Waals surface area (Å²) in [5.74, 6) is 0.0683. The summed E-state index contributed by atoms with van der Waals surface area (Å²) < 4.78 is 0. The van der Waals surface area contributed by atoms with Gasteiger partial charge >= 0.3 is 0 Å². The van der Waals surface area contributed by atoms with Crippen LogP contribution in [0.3, 0.4) is 0 Å². The van der Waals surface area contributed by atoms with Crippen LogP contribution in [-0.4, -0.2) is 40.6 Å². The number of aromatic nitrogens is 1. The lowest BCUT2D eigenvalue weighted by molar-refractivity contribution is 0.0730. The number of aliphatic hydroxyl groups excluding tert-OH is 1. The molecule has 0 spiro atoms. The van der Waals surface area contributed by atoms with Crippen molar-refractivity contribution in [2.45, 2.75) is 33.1 Å². The van der Waals surface area contributed by atoms with Crippen molar-refractivity contribution in [1.82, 2.24) is 9.88 Å². The number of carbonyl (C=O) groups excluding carboxylic acids is 1. The minimum absolute atomic E-state index is 0.0683. The minimum Gasteiger partial charge on any atom is -0.396 e. The fourth-order valence-corrected chi connectivity index (χ4v) is 4.44. The van der Waals surface area contributed by atoms with Gasteiger partial charge < -0.3 is 15.0 Å². The standard InChI is InChI=1S/C18H24N2O2S/c1-3-6-18(12-21)7-8-20(11-18)17(22)15-10-19-9-14(15)16-5-4-13(2)23-16/h4-5,9-10,19,21H,3,6-8,11-12H2,1-2H3. The third kappa shape index (κ3) is 3.08. The molecule has 3 rings (SSSR count). The van der Waals surface area contributed by atoms with Crippen LogP contribution in [-0.2, 0) is 0 Å². The Morgan fingerprint density at radius 1 is 1.43 bits per heavy atom. The van der Waals surface area contributed by atoms with Crippen molar-refractivity contribution in [3.8, 4) is 10.4 Å². The van der Waals surface area contributed by atoms with Gasteiger partial charge in [-0.1, -0.05) is 13.3 Å². The fraction of sp³-hybridized carbons (Fsp3) is 0.500. The lowest BCUT2D eigenvalue weighted by Crippen LogP contribution is -2.34. The predicted molar refractivity (Wildman–Crippen MR) is 93.8 cm³/mol. The molecule has 2 aromatic heterocycles. The summed E-state index contributed by atoms with van der Waals surface area (Å²) in [6.07, 6.45) is 6.59. The van der Waals surface area contributed by atoms with Gasteiger partial charge in [-0.05, 0) is 31.9 Å². The molecule has 1 fully saturated rings. The number of rotatable bonds is 5. The number of nitrogens with zero attached hydrogens (tertiary/aromatic N) is 1. The van der Waals surface area contributed by atoms with Crippen molar-refractivity contribution in [3.05, 3.63) is 35.0 Å². The summed E-state index contributed by atoms with van der Waals surface area (Å²) in [7, 11) is 0. The van der Waals surface area contributed by atoms with E-state index < -0.39 is 0 Å². The van der Waals surface area contributed by atoms with E-state index in [1.807, 2.05) is 11.1 Å². The number of H-pyrrole nitrogens is 1. The van der Waals surface area contributed by atoms with Crippen LogP contribution < -0.4 is 0 Å². The smallest absolute Gasteiger partial charge is 0.256 e. The zero-order valence-electron chi connectivity index (χ0n) is 13.8. The first-order valence-corrected chi connectivity index (χ1v) is 9.04. The normalized spacial score (nSPS) is 21.1. The van der Waals surface area contributed by atoms with Gasteiger partial charge in [0.15, 0.2) is 0 Å². The first-order chi connectivity index (χ1) is 11.1. The largest absolute Gasteiger partial charge is 0.396 e. The second-order valence-electron chi connectivity index (χ2n) is 6.58. The van der Waals surface area contributed by atoms with Gasteiger partial charge in [0.2, 0.25) is 0 Å². The maximum Gasteiger partial charge on any atom is 0.256 e. The highest BCUT2D eigenvalue weighted by Crippen LogP contribution is 2.37. The van der Waals surface area contributed by atoms with E-state index >= 15 is 0 Å². The van der Waals surface area contributed by atoms with E-state index in [4.69, 9.17) is 0 Å². The first kappa shape index (κ1) is 16.3. The SMILES string of the molecule is CCCC1(CO)CCN(C(=O)c2c[nH]cc2-c2ccc(C)s2)C1. The molecule has 0 radical (unpaired) electrons. The van der Waals surface area contributed by atoms with Crippen LogP contribution in [0.25, 0.3) is 10.4 Å². The number of nitrogens with one attached hydrogen (secondary N) is 1. The van der Waals surface area contributed by atoms with Crippen molar-refractivity contribution in [3.63, 3.8) is 0 Å². The molecule has 4 nitrogen and oxygen atoms in total. The number of hydrogen-bond acceptors (Lipinski definition) is 3. The van der Waals surface area contributed by atoms with Crippen molar-refractivity contribution < 1.29 is 9.90 Å². The summed E-state index contributed by atoms with van der Waals surface area (Å²) in [4.78, 5) is 20.3. The number of hydrogen-bond donors (Lipinski definition) is 2. The Hall–Kier alpha value is -1.59. The second kappa shape index (κ2) is 6.49.